The van der Waals surface area contributed by atoms with E-state index in [0.29, 0.717) is 24.1 Å². The maximum Gasteiger partial charge on any atom is 0.235 e. The predicted octanol–water partition coefficient (Wildman–Crippen LogP) is 4.04. The third-order valence-corrected chi connectivity index (χ3v) is 6.21. The van der Waals surface area contributed by atoms with Crippen molar-refractivity contribution in [2.24, 2.45) is 0 Å². The van der Waals surface area contributed by atoms with Gasteiger partial charge in [0.15, 0.2) is 0 Å². The van der Waals surface area contributed by atoms with Crippen molar-refractivity contribution in [3.63, 3.8) is 0 Å². The van der Waals surface area contributed by atoms with E-state index in [1.807, 2.05) is 56.3 Å². The van der Waals surface area contributed by atoms with E-state index < -0.39 is 0 Å². The van der Waals surface area contributed by atoms with E-state index in [9.17, 15) is 4.79 Å². The Balaban J connectivity index is 1.36. The van der Waals surface area contributed by atoms with Crippen molar-refractivity contribution in [3.05, 3.63) is 71.4 Å². The fourth-order valence-corrected chi connectivity index (χ4v) is 4.03. The molecule has 0 saturated carbocycles. The smallest absolute Gasteiger partial charge is 0.235 e. The van der Waals surface area contributed by atoms with Gasteiger partial charge in [-0.2, -0.15) is 9.78 Å². The summed E-state index contributed by atoms with van der Waals surface area (Å²) in [4.78, 5) is 12.7. The summed E-state index contributed by atoms with van der Waals surface area (Å²) in [6, 6.07) is 15.6. The van der Waals surface area contributed by atoms with Gasteiger partial charge < -0.3 is 10.1 Å². The second-order valence-corrected chi connectivity index (χ2v) is 8.74. The molecule has 2 aromatic heterocycles. The predicted molar refractivity (Wildman–Crippen MR) is 132 cm³/mol. The molecule has 0 unspecified atom stereocenters. The molecule has 0 atom stereocenters. The molecule has 0 bridgehead atoms. The average molecular weight is 478 g/mol. The first kappa shape index (κ1) is 23.5. The summed E-state index contributed by atoms with van der Waals surface area (Å²) >= 11 is 1.28. The lowest BCUT2D eigenvalue weighted by molar-refractivity contribution is -0.113. The number of carbonyl (C=O) groups excluding carboxylic acids is 1. The number of ether oxygens (including phenoxy) is 1. The molecule has 0 spiro atoms. The first-order valence-corrected chi connectivity index (χ1v) is 12.0. The number of hydrogen-bond acceptors (Lipinski definition) is 7. The molecule has 176 valence electrons. The van der Waals surface area contributed by atoms with Crippen LogP contribution in [0.3, 0.4) is 0 Å². The zero-order valence-electron chi connectivity index (χ0n) is 19.4. The molecular weight excluding hydrogens is 450 g/mol. The molecule has 10 heteroatoms. The monoisotopic (exact) mass is 477 g/mol. The normalized spacial score (nSPS) is 10.9. The Hall–Kier alpha value is -3.66. The summed E-state index contributed by atoms with van der Waals surface area (Å²) in [6.07, 6.45) is 2.64. The molecule has 0 aliphatic carbocycles. The van der Waals surface area contributed by atoms with Crippen LogP contribution in [0, 0.1) is 13.8 Å². The van der Waals surface area contributed by atoms with Crippen LogP contribution in [-0.4, -0.2) is 48.3 Å². The molecule has 0 aliphatic rings. The Bertz CT molecular complexity index is 1250. The first-order valence-electron chi connectivity index (χ1n) is 11.1. The molecule has 9 nitrogen and oxygen atoms in total. The summed E-state index contributed by atoms with van der Waals surface area (Å²) in [5.74, 6) is 1.48. The molecule has 1 N–H and O–H groups in total. The minimum Gasteiger partial charge on any atom is -0.494 e. The number of tetrazole rings is 1. The highest BCUT2D eigenvalue weighted by Crippen LogP contribution is 2.23. The average Bonchev–Trinajstić information content (AvgIpc) is 3.48. The zero-order chi connectivity index (χ0) is 23.9. The van der Waals surface area contributed by atoms with Crippen molar-refractivity contribution in [2.75, 3.05) is 17.7 Å². The lowest BCUT2D eigenvalue weighted by Crippen LogP contribution is -2.18. The second-order valence-electron chi connectivity index (χ2n) is 7.80. The van der Waals surface area contributed by atoms with Crippen molar-refractivity contribution in [1.82, 2.24) is 30.0 Å². The summed E-state index contributed by atoms with van der Waals surface area (Å²) in [6.45, 7) is 7.38. The number of anilines is 1. The van der Waals surface area contributed by atoms with Crippen molar-refractivity contribution in [3.8, 4) is 11.4 Å². The Kier molecular flexibility index (Phi) is 7.58. The van der Waals surface area contributed by atoms with Crippen molar-refractivity contribution >= 4 is 23.5 Å². The van der Waals surface area contributed by atoms with Crippen LogP contribution in [0.25, 0.3) is 5.69 Å². The quantitative estimate of drug-likeness (QED) is 0.344. The number of amides is 1. The van der Waals surface area contributed by atoms with Gasteiger partial charge in [0.25, 0.3) is 0 Å². The molecule has 0 aliphatic heterocycles. The molecular formula is C24H27N7O2S. The van der Waals surface area contributed by atoms with Gasteiger partial charge in [-0.25, -0.2) is 4.68 Å². The fraction of sp³-hybridized carbons (Fsp3) is 0.292. The highest BCUT2D eigenvalue weighted by Gasteiger charge is 2.15. The van der Waals surface area contributed by atoms with Crippen LogP contribution in [0.1, 0.15) is 30.0 Å². The van der Waals surface area contributed by atoms with Crippen molar-refractivity contribution in [1.29, 1.82) is 0 Å². The van der Waals surface area contributed by atoms with Crippen LogP contribution >= 0.6 is 11.8 Å². The number of nitrogens with zero attached hydrogens (tertiary/aromatic N) is 6. The summed E-state index contributed by atoms with van der Waals surface area (Å²) < 4.78 is 9.05. The molecule has 0 radical (unpaired) electrons. The maximum absolute atomic E-state index is 12.7. The lowest BCUT2D eigenvalue weighted by atomic mass is 10.1. The molecule has 34 heavy (non-hydrogen) atoms. The molecule has 0 saturated heterocycles. The van der Waals surface area contributed by atoms with E-state index in [4.69, 9.17) is 4.74 Å². The van der Waals surface area contributed by atoms with Crippen LogP contribution in [0.2, 0.25) is 0 Å². The van der Waals surface area contributed by atoms with Gasteiger partial charge in [-0.05, 0) is 65.6 Å². The second kappa shape index (κ2) is 11.0. The minimum absolute atomic E-state index is 0.162. The van der Waals surface area contributed by atoms with E-state index in [0.717, 1.165) is 34.5 Å². The number of hydrogen-bond donors (Lipinski definition) is 1. The van der Waals surface area contributed by atoms with Crippen LogP contribution in [-0.2, 0) is 11.3 Å². The lowest BCUT2D eigenvalue weighted by Gasteiger charge is -2.11. The van der Waals surface area contributed by atoms with E-state index in [-0.39, 0.29) is 11.7 Å². The number of nitrogens with one attached hydrogen (secondary N) is 1. The molecule has 0 fully saturated rings. The third-order valence-electron chi connectivity index (χ3n) is 5.29. The Morgan fingerprint density at radius 1 is 1.12 bits per heavy atom. The topological polar surface area (TPSA) is 99.8 Å². The molecule has 1 amide bonds. The van der Waals surface area contributed by atoms with Crippen LogP contribution < -0.4 is 10.1 Å². The number of benzene rings is 2. The molecule has 2 heterocycles. The largest absolute Gasteiger partial charge is 0.494 e. The van der Waals surface area contributed by atoms with Gasteiger partial charge in [0, 0.05) is 6.07 Å². The zero-order valence-corrected chi connectivity index (χ0v) is 20.2. The van der Waals surface area contributed by atoms with Crippen LogP contribution in [0.5, 0.6) is 5.75 Å². The number of thioether (sulfide) groups is 1. The van der Waals surface area contributed by atoms with Crippen LogP contribution in [0.15, 0.2) is 59.9 Å². The summed E-state index contributed by atoms with van der Waals surface area (Å²) in [7, 11) is 0. The minimum atomic E-state index is -0.162. The highest BCUT2D eigenvalue weighted by molar-refractivity contribution is 7.99. The van der Waals surface area contributed by atoms with Gasteiger partial charge in [0.05, 0.1) is 30.8 Å². The Morgan fingerprint density at radius 3 is 2.74 bits per heavy atom. The SMILES string of the molecule is CCCOc1ccc(Cn2nccc2NC(=O)CSc2nnnn2-c2cccc(C)c2C)cc1. The molecule has 4 rings (SSSR count). The number of rotatable bonds is 10. The van der Waals surface area contributed by atoms with Crippen molar-refractivity contribution in [2.45, 2.75) is 38.9 Å². The maximum atomic E-state index is 12.7. The molecule has 4 aromatic rings. The Labute approximate surface area is 202 Å². The first-order chi connectivity index (χ1) is 16.5. The number of aryl methyl sites for hydroxylation is 1. The Morgan fingerprint density at radius 2 is 1.94 bits per heavy atom. The van der Waals surface area contributed by atoms with E-state index in [1.165, 1.54) is 11.8 Å². The summed E-state index contributed by atoms with van der Waals surface area (Å²) in [5.41, 5.74) is 4.20. The van der Waals surface area contributed by atoms with Crippen molar-refractivity contribution < 1.29 is 9.53 Å². The van der Waals surface area contributed by atoms with Gasteiger partial charge >= 0.3 is 0 Å². The van der Waals surface area contributed by atoms with Gasteiger partial charge in [-0.15, -0.1) is 5.10 Å². The summed E-state index contributed by atoms with van der Waals surface area (Å²) in [5, 5.41) is 19.8. The fourth-order valence-electron chi connectivity index (χ4n) is 3.34. The number of aromatic nitrogens is 6. The standard InChI is InChI=1S/C24H27N7O2S/c1-4-14-33-20-10-8-19(9-11-20)15-30-22(12-13-25-30)26-23(32)16-34-24-27-28-29-31(24)21-7-5-6-17(2)18(21)3/h5-13H,4,14-16H2,1-3H3,(H,26,32). The van der Waals surface area contributed by atoms with Gasteiger partial charge in [-0.3, -0.25) is 4.79 Å². The van der Waals surface area contributed by atoms with Gasteiger partial charge in [0.1, 0.15) is 11.6 Å². The van der Waals surface area contributed by atoms with Crippen LogP contribution in [0.4, 0.5) is 5.82 Å². The molecule has 2 aromatic carbocycles. The van der Waals surface area contributed by atoms with E-state index >= 15 is 0 Å². The highest BCUT2D eigenvalue weighted by atomic mass is 32.2. The van der Waals surface area contributed by atoms with E-state index in [2.05, 4.69) is 32.9 Å². The van der Waals surface area contributed by atoms with Gasteiger partial charge in [-0.1, -0.05) is 43.0 Å². The van der Waals surface area contributed by atoms with E-state index in [1.54, 1.807) is 21.6 Å². The third kappa shape index (κ3) is 5.63. The van der Waals surface area contributed by atoms with Gasteiger partial charge in [0.2, 0.25) is 11.1 Å². The number of carbonyl (C=O) groups is 1.